The van der Waals surface area contributed by atoms with E-state index >= 15 is 0 Å². The van der Waals surface area contributed by atoms with Crippen molar-refractivity contribution in [3.05, 3.63) is 60.1 Å². The molecule has 1 N–H and O–H groups in total. The number of piperazine rings is 1. The van der Waals surface area contributed by atoms with Crippen LogP contribution in [0.5, 0.6) is 0 Å². The van der Waals surface area contributed by atoms with Gasteiger partial charge >= 0.3 is 5.97 Å². The lowest BCUT2D eigenvalue weighted by molar-refractivity contribution is -0.150. The van der Waals surface area contributed by atoms with Crippen molar-refractivity contribution in [2.24, 2.45) is 0 Å². The highest BCUT2D eigenvalue weighted by Gasteiger charge is 2.36. The van der Waals surface area contributed by atoms with E-state index < -0.39 is 12.0 Å². The molecule has 2 heterocycles. The minimum Gasteiger partial charge on any atom is -0.481 e. The molecule has 0 spiro atoms. The minimum absolute atomic E-state index is 0.140. The Bertz CT molecular complexity index is 684. The second-order valence-electron chi connectivity index (χ2n) is 5.91. The van der Waals surface area contributed by atoms with Crippen LogP contribution in [0.3, 0.4) is 0 Å². The lowest BCUT2D eigenvalue weighted by Gasteiger charge is -2.39. The van der Waals surface area contributed by atoms with Gasteiger partial charge in [0.15, 0.2) is 0 Å². The molecule has 1 saturated heterocycles. The van der Waals surface area contributed by atoms with E-state index in [-0.39, 0.29) is 12.3 Å². The Morgan fingerprint density at radius 1 is 1.12 bits per heavy atom. The number of hydrogen-bond acceptors (Lipinski definition) is 4. The molecular weight excluding hydrogens is 308 g/mol. The first kappa shape index (κ1) is 16.3. The Morgan fingerprint density at radius 3 is 2.58 bits per heavy atom. The Kier molecular flexibility index (Phi) is 4.96. The van der Waals surface area contributed by atoms with Crippen molar-refractivity contribution >= 4 is 11.9 Å². The zero-order valence-corrected chi connectivity index (χ0v) is 13.3. The summed E-state index contributed by atoms with van der Waals surface area (Å²) in [5.74, 6) is -0.381. The second-order valence-corrected chi connectivity index (χ2v) is 5.91. The summed E-state index contributed by atoms with van der Waals surface area (Å²) in [6.45, 7) is 2.14. The van der Waals surface area contributed by atoms with Crippen LogP contribution < -0.4 is 0 Å². The fourth-order valence-corrected chi connectivity index (χ4v) is 3.02. The molecule has 1 aromatic carbocycles. The number of carbonyl (C=O) groups is 2. The van der Waals surface area contributed by atoms with Crippen molar-refractivity contribution in [1.82, 2.24) is 9.80 Å². The summed E-state index contributed by atoms with van der Waals surface area (Å²) in [5, 5.41) is 9.18. The van der Waals surface area contributed by atoms with Gasteiger partial charge in [0.1, 0.15) is 11.8 Å². The van der Waals surface area contributed by atoms with Gasteiger partial charge in [-0.3, -0.25) is 14.5 Å². The fraction of sp³-hybridized carbons (Fsp3) is 0.333. The quantitative estimate of drug-likeness (QED) is 0.877. The molecule has 1 aliphatic heterocycles. The molecule has 126 valence electrons. The largest absolute Gasteiger partial charge is 0.481 e. The average Bonchev–Trinajstić information content (AvgIpc) is 3.07. The summed E-state index contributed by atoms with van der Waals surface area (Å²) in [6.07, 6.45) is 1.37. The number of amides is 1. The maximum Gasteiger partial charge on any atom is 0.305 e. The normalized spacial score (nSPS) is 18.8. The van der Waals surface area contributed by atoms with Crippen molar-refractivity contribution in [2.75, 3.05) is 13.1 Å². The molecule has 1 atom stereocenters. The van der Waals surface area contributed by atoms with Gasteiger partial charge in [0.25, 0.3) is 0 Å². The van der Waals surface area contributed by atoms with Crippen molar-refractivity contribution in [1.29, 1.82) is 0 Å². The fourth-order valence-electron chi connectivity index (χ4n) is 3.02. The van der Waals surface area contributed by atoms with Gasteiger partial charge in [0.05, 0.1) is 19.2 Å². The lowest BCUT2D eigenvalue weighted by atomic mass is 10.1. The summed E-state index contributed by atoms with van der Waals surface area (Å²) in [4.78, 5) is 27.6. The molecule has 0 saturated carbocycles. The highest BCUT2D eigenvalue weighted by molar-refractivity contribution is 5.86. The van der Waals surface area contributed by atoms with E-state index in [0.29, 0.717) is 26.2 Å². The molecule has 1 aromatic heterocycles. The number of carboxylic acid groups (broad SMARTS) is 1. The number of carbonyl (C=O) groups excluding carboxylic acids is 1. The summed E-state index contributed by atoms with van der Waals surface area (Å²) in [5.41, 5.74) is 1.04. The molecule has 0 radical (unpaired) electrons. The van der Waals surface area contributed by atoms with Crippen LogP contribution in [0.1, 0.15) is 17.7 Å². The molecule has 6 heteroatoms. The summed E-state index contributed by atoms with van der Waals surface area (Å²) in [7, 11) is 0. The number of nitrogens with zero attached hydrogens (tertiary/aromatic N) is 2. The van der Waals surface area contributed by atoms with E-state index in [1.54, 1.807) is 17.2 Å². The number of aliphatic carboxylic acids is 1. The molecule has 3 rings (SSSR count). The third-order valence-electron chi connectivity index (χ3n) is 4.22. The van der Waals surface area contributed by atoms with Gasteiger partial charge < -0.3 is 14.4 Å². The van der Waals surface area contributed by atoms with Gasteiger partial charge in [0.2, 0.25) is 5.91 Å². The van der Waals surface area contributed by atoms with E-state index in [0.717, 1.165) is 11.3 Å². The zero-order valence-electron chi connectivity index (χ0n) is 13.3. The third-order valence-corrected chi connectivity index (χ3v) is 4.22. The van der Waals surface area contributed by atoms with Crippen molar-refractivity contribution < 1.29 is 19.1 Å². The third kappa shape index (κ3) is 3.83. The van der Waals surface area contributed by atoms with Crippen molar-refractivity contribution in [2.45, 2.75) is 25.6 Å². The number of furan rings is 1. The van der Waals surface area contributed by atoms with Crippen LogP contribution in [-0.4, -0.2) is 45.9 Å². The topological polar surface area (TPSA) is 74.0 Å². The van der Waals surface area contributed by atoms with Gasteiger partial charge in [-0.15, -0.1) is 0 Å². The van der Waals surface area contributed by atoms with Gasteiger partial charge in [-0.05, 0) is 17.7 Å². The maximum absolute atomic E-state index is 12.8. The highest BCUT2D eigenvalue weighted by Crippen LogP contribution is 2.20. The Labute approximate surface area is 140 Å². The van der Waals surface area contributed by atoms with E-state index in [1.165, 1.54) is 0 Å². The molecule has 1 unspecified atom stereocenters. The SMILES string of the molecule is O=C(O)CC1C(=O)N(Cc2ccccc2)CCN1Cc1ccco1. The molecule has 24 heavy (non-hydrogen) atoms. The van der Waals surface area contributed by atoms with Gasteiger partial charge in [-0.1, -0.05) is 30.3 Å². The summed E-state index contributed by atoms with van der Waals surface area (Å²) < 4.78 is 5.33. The number of rotatable bonds is 6. The molecule has 0 aliphatic carbocycles. The number of hydrogen-bond donors (Lipinski definition) is 1. The Hall–Kier alpha value is -2.60. The first-order chi connectivity index (χ1) is 11.6. The van der Waals surface area contributed by atoms with E-state index in [9.17, 15) is 14.7 Å². The van der Waals surface area contributed by atoms with Crippen LogP contribution in [0, 0.1) is 0 Å². The predicted molar refractivity (Wildman–Crippen MR) is 87.0 cm³/mol. The molecular formula is C18H20N2O4. The van der Waals surface area contributed by atoms with Crippen molar-refractivity contribution in [3.63, 3.8) is 0 Å². The summed E-state index contributed by atoms with van der Waals surface area (Å²) >= 11 is 0. The maximum atomic E-state index is 12.8. The number of benzene rings is 1. The van der Waals surface area contributed by atoms with Crippen LogP contribution >= 0.6 is 0 Å². The molecule has 1 fully saturated rings. The smallest absolute Gasteiger partial charge is 0.305 e. The van der Waals surface area contributed by atoms with E-state index in [1.807, 2.05) is 41.3 Å². The van der Waals surface area contributed by atoms with Crippen LogP contribution in [-0.2, 0) is 22.7 Å². The van der Waals surface area contributed by atoms with Gasteiger partial charge in [0, 0.05) is 19.6 Å². The van der Waals surface area contributed by atoms with Crippen LogP contribution in [0.25, 0.3) is 0 Å². The molecule has 0 bridgehead atoms. The Balaban J connectivity index is 1.73. The zero-order chi connectivity index (χ0) is 16.9. The molecule has 2 aromatic rings. The minimum atomic E-state index is -0.973. The lowest BCUT2D eigenvalue weighted by Crippen LogP contribution is -2.56. The standard InChI is InChI=1S/C18H20N2O4/c21-17(22)11-16-18(23)20(12-14-5-2-1-3-6-14)9-8-19(16)13-15-7-4-10-24-15/h1-7,10,16H,8-9,11-13H2,(H,21,22). The van der Waals surface area contributed by atoms with Crippen LogP contribution in [0.2, 0.25) is 0 Å². The first-order valence-electron chi connectivity index (χ1n) is 7.94. The first-order valence-corrected chi connectivity index (χ1v) is 7.94. The Morgan fingerprint density at radius 2 is 1.92 bits per heavy atom. The van der Waals surface area contributed by atoms with Crippen molar-refractivity contribution in [3.8, 4) is 0 Å². The molecule has 1 amide bonds. The molecule has 1 aliphatic rings. The number of carboxylic acids is 1. The summed E-state index contributed by atoms with van der Waals surface area (Å²) in [6, 6.07) is 12.7. The predicted octanol–water partition coefficient (Wildman–Crippen LogP) is 1.97. The van der Waals surface area contributed by atoms with Gasteiger partial charge in [-0.2, -0.15) is 0 Å². The van der Waals surface area contributed by atoms with E-state index in [4.69, 9.17) is 4.42 Å². The van der Waals surface area contributed by atoms with Crippen LogP contribution in [0.15, 0.2) is 53.1 Å². The average molecular weight is 328 g/mol. The van der Waals surface area contributed by atoms with Gasteiger partial charge in [-0.25, -0.2) is 0 Å². The van der Waals surface area contributed by atoms with E-state index in [2.05, 4.69) is 0 Å². The van der Waals surface area contributed by atoms with Crippen LogP contribution in [0.4, 0.5) is 0 Å². The highest BCUT2D eigenvalue weighted by atomic mass is 16.4. The molecule has 6 nitrogen and oxygen atoms in total. The monoisotopic (exact) mass is 328 g/mol. The second kappa shape index (κ2) is 7.31.